The van der Waals surface area contributed by atoms with Gasteiger partial charge in [0.15, 0.2) is 24.1 Å². The van der Waals surface area contributed by atoms with Crippen LogP contribution in [0.1, 0.15) is 226 Å². The molecule has 11 heteroatoms. The molecule has 1 aliphatic rings. The van der Waals surface area contributed by atoms with Crippen molar-refractivity contribution in [2.45, 2.75) is 244 Å². The van der Waals surface area contributed by atoms with E-state index in [4.69, 9.17) is 14.2 Å². The first-order valence-electron chi connectivity index (χ1n) is 23.6. The predicted molar refractivity (Wildman–Crippen MR) is 228 cm³/mol. The van der Waals surface area contributed by atoms with Gasteiger partial charge in [0.2, 0.25) is 0 Å². The van der Waals surface area contributed by atoms with E-state index in [9.17, 15) is 19.5 Å². The summed E-state index contributed by atoms with van der Waals surface area (Å²) in [5.74, 6) is -0.839. The van der Waals surface area contributed by atoms with Gasteiger partial charge in [-0.2, -0.15) is 5.10 Å². The molecular formula is C46H80N4O7. The van der Waals surface area contributed by atoms with Crippen LogP contribution in [-0.2, 0) is 23.8 Å². The highest BCUT2D eigenvalue weighted by Crippen LogP contribution is 2.35. The third-order valence-corrected chi connectivity index (χ3v) is 11.6. The number of unbranched alkanes of at least 4 members (excludes halogenated alkanes) is 28. The second kappa shape index (κ2) is 31.2. The minimum atomic E-state index is -1.07. The number of hydrogen-bond acceptors (Lipinski definition) is 9. The molecule has 4 atom stereocenters. The average molecular weight is 801 g/mol. The van der Waals surface area contributed by atoms with Gasteiger partial charge in [-0.05, 0) is 12.8 Å². The summed E-state index contributed by atoms with van der Waals surface area (Å²) in [7, 11) is 0. The van der Waals surface area contributed by atoms with E-state index in [0.717, 1.165) is 25.7 Å². The molecule has 3 heterocycles. The molecule has 0 radical (unpaired) electrons. The molecule has 57 heavy (non-hydrogen) atoms. The number of carbonyl (C=O) groups is 2. The van der Waals surface area contributed by atoms with Crippen molar-refractivity contribution < 1.29 is 28.9 Å². The maximum atomic E-state index is 13.2. The maximum absolute atomic E-state index is 13.2. The molecule has 1 fully saturated rings. The molecule has 2 N–H and O–H groups in total. The molecule has 0 saturated carbocycles. The fourth-order valence-electron chi connectivity index (χ4n) is 8.08. The number of aromatic nitrogens is 4. The van der Waals surface area contributed by atoms with Crippen molar-refractivity contribution in [2.24, 2.45) is 0 Å². The van der Waals surface area contributed by atoms with Crippen molar-refractivity contribution in [3.63, 3.8) is 0 Å². The molecule has 2 aromatic heterocycles. The highest BCUT2D eigenvalue weighted by atomic mass is 16.6. The van der Waals surface area contributed by atoms with E-state index in [1.54, 1.807) is 0 Å². The molecule has 0 bridgehead atoms. The van der Waals surface area contributed by atoms with E-state index in [0.29, 0.717) is 12.8 Å². The van der Waals surface area contributed by atoms with Crippen molar-refractivity contribution >= 4 is 23.0 Å². The first-order valence-corrected chi connectivity index (χ1v) is 23.6. The summed E-state index contributed by atoms with van der Waals surface area (Å²) in [6.07, 6.45) is 36.2. The van der Waals surface area contributed by atoms with Gasteiger partial charge in [0.1, 0.15) is 11.5 Å². The number of nitrogens with zero attached hydrogens (tertiary/aromatic N) is 3. The first-order chi connectivity index (χ1) is 28.0. The van der Waals surface area contributed by atoms with Crippen molar-refractivity contribution in [1.29, 1.82) is 0 Å². The zero-order valence-corrected chi connectivity index (χ0v) is 36.0. The Kier molecular flexibility index (Phi) is 26.6. The number of nitrogens with one attached hydrogen (secondary N) is 1. The van der Waals surface area contributed by atoms with E-state index in [2.05, 4.69) is 28.9 Å². The van der Waals surface area contributed by atoms with Gasteiger partial charge in [0.05, 0.1) is 19.1 Å². The topological polar surface area (TPSA) is 146 Å². The van der Waals surface area contributed by atoms with Gasteiger partial charge in [-0.25, -0.2) is 9.67 Å². The highest BCUT2D eigenvalue weighted by Gasteiger charge is 2.51. The lowest BCUT2D eigenvalue weighted by atomic mass is 10.0. The number of fused-ring (bicyclic) bond motifs is 1. The van der Waals surface area contributed by atoms with Crippen LogP contribution in [0, 0.1) is 0 Å². The number of carbonyl (C=O) groups excluding carboxylic acids is 2. The van der Waals surface area contributed by atoms with Gasteiger partial charge in [0, 0.05) is 12.8 Å². The number of esters is 2. The average Bonchev–Trinajstić information content (AvgIpc) is 3.79. The number of aliphatic hydroxyl groups is 1. The van der Waals surface area contributed by atoms with Gasteiger partial charge in [-0.3, -0.25) is 14.4 Å². The number of hydrogen-bond donors (Lipinski definition) is 2. The van der Waals surface area contributed by atoms with Crippen LogP contribution in [0.3, 0.4) is 0 Å². The zero-order chi connectivity index (χ0) is 40.8. The van der Waals surface area contributed by atoms with E-state index in [1.165, 1.54) is 171 Å². The molecular weight excluding hydrogens is 721 g/mol. The molecule has 0 aliphatic carbocycles. The minimum Gasteiger partial charge on any atom is -0.455 e. The highest BCUT2D eigenvalue weighted by molar-refractivity contribution is 5.73. The molecule has 11 nitrogen and oxygen atoms in total. The van der Waals surface area contributed by atoms with Gasteiger partial charge in [-0.1, -0.05) is 194 Å². The number of aromatic amines is 1. The number of H-pyrrole nitrogens is 1. The Bertz CT molecular complexity index is 1380. The van der Waals surface area contributed by atoms with E-state index in [-0.39, 0.29) is 29.4 Å². The summed E-state index contributed by atoms with van der Waals surface area (Å²) < 4.78 is 19.4. The summed E-state index contributed by atoms with van der Waals surface area (Å²) in [5, 5.41) is 14.9. The van der Waals surface area contributed by atoms with Crippen LogP contribution in [0.2, 0.25) is 0 Å². The number of ether oxygens (including phenoxy) is 3. The van der Waals surface area contributed by atoms with E-state index in [1.807, 2.05) is 0 Å². The molecule has 0 aromatic carbocycles. The van der Waals surface area contributed by atoms with Crippen LogP contribution < -0.4 is 5.56 Å². The van der Waals surface area contributed by atoms with Crippen LogP contribution in [-0.4, -0.2) is 61.7 Å². The summed E-state index contributed by atoms with van der Waals surface area (Å²) in [4.78, 5) is 45.6. The second-order valence-corrected chi connectivity index (χ2v) is 16.6. The monoisotopic (exact) mass is 801 g/mol. The SMILES string of the molecule is CCCCCCCCCCCCCCCCCC(=O)O[C@@H]1[C@H](OC(=O)CCCCCCCCCCCCCCCCC)[C@@H](CO)O[C@H]1n1ncc2c(=O)[nH]cnc21. The molecule has 326 valence electrons. The molecule has 2 aromatic rings. The zero-order valence-electron chi connectivity index (χ0n) is 36.0. The fourth-order valence-corrected chi connectivity index (χ4v) is 8.08. The number of rotatable bonds is 36. The lowest BCUT2D eigenvalue weighted by Crippen LogP contribution is -2.40. The summed E-state index contributed by atoms with van der Waals surface area (Å²) in [5.41, 5.74) is -0.121. The molecule has 0 amide bonds. The lowest BCUT2D eigenvalue weighted by Gasteiger charge is -2.24. The van der Waals surface area contributed by atoms with Gasteiger partial charge in [-0.15, -0.1) is 0 Å². The quantitative estimate of drug-likeness (QED) is 0.0508. The molecule has 3 rings (SSSR count). The lowest BCUT2D eigenvalue weighted by molar-refractivity contribution is -0.169. The van der Waals surface area contributed by atoms with E-state index < -0.39 is 43.1 Å². The van der Waals surface area contributed by atoms with Crippen LogP contribution in [0.4, 0.5) is 0 Å². The molecule has 0 unspecified atom stereocenters. The first kappa shape index (κ1) is 48.6. The standard InChI is InChI=1S/C46H80N4O7/c1-3-5-7-9-11-13-15-17-19-21-23-25-27-29-31-33-40(52)56-42-39(36-51)55-46(50-44-38(35-49-50)45(54)48-37-47-44)43(42)57-41(53)34-32-30-28-26-24-22-20-18-16-14-12-10-8-6-4-2/h35,37,39,42-43,46,51H,3-34,36H2,1-2H3,(H,47,48,54)/t39-,42-,43-,46-/m1/s1. The van der Waals surface area contributed by atoms with Gasteiger partial charge >= 0.3 is 11.9 Å². The van der Waals surface area contributed by atoms with Crippen molar-refractivity contribution in [2.75, 3.05) is 6.61 Å². The van der Waals surface area contributed by atoms with Crippen molar-refractivity contribution in [1.82, 2.24) is 19.7 Å². The normalized spacial score (nSPS) is 18.1. The van der Waals surface area contributed by atoms with Gasteiger partial charge in [0.25, 0.3) is 5.56 Å². The number of aliphatic hydroxyl groups excluding tert-OH is 1. The van der Waals surface area contributed by atoms with Gasteiger partial charge < -0.3 is 24.3 Å². The largest absolute Gasteiger partial charge is 0.455 e. The molecule has 1 saturated heterocycles. The molecule has 1 aliphatic heterocycles. The Labute approximate surface area is 344 Å². The minimum absolute atomic E-state index is 0.225. The summed E-state index contributed by atoms with van der Waals surface area (Å²) in [6.45, 7) is 4.07. The third-order valence-electron chi connectivity index (χ3n) is 11.6. The van der Waals surface area contributed by atoms with Crippen molar-refractivity contribution in [3.05, 3.63) is 22.9 Å². The van der Waals surface area contributed by atoms with Crippen LogP contribution >= 0.6 is 0 Å². The second-order valence-electron chi connectivity index (χ2n) is 16.6. The van der Waals surface area contributed by atoms with Crippen molar-refractivity contribution in [3.8, 4) is 0 Å². The Morgan fingerprint density at radius 1 is 0.632 bits per heavy atom. The van der Waals surface area contributed by atoms with E-state index >= 15 is 0 Å². The Morgan fingerprint density at radius 2 is 1.02 bits per heavy atom. The van der Waals surface area contributed by atoms with Crippen LogP contribution in [0.25, 0.3) is 11.0 Å². The van der Waals surface area contributed by atoms with Crippen LogP contribution in [0.15, 0.2) is 17.3 Å². The predicted octanol–water partition coefficient (Wildman–Crippen LogP) is 11.4. The van der Waals surface area contributed by atoms with Crippen LogP contribution in [0.5, 0.6) is 0 Å². The molecule has 0 spiro atoms. The Hall–Kier alpha value is -2.79. The smallest absolute Gasteiger partial charge is 0.306 e. The fraction of sp³-hybridized carbons (Fsp3) is 0.848. The maximum Gasteiger partial charge on any atom is 0.306 e. The Balaban J connectivity index is 1.39. The Morgan fingerprint density at radius 3 is 1.42 bits per heavy atom. The third kappa shape index (κ3) is 19.7. The summed E-state index contributed by atoms with van der Waals surface area (Å²) >= 11 is 0. The summed E-state index contributed by atoms with van der Waals surface area (Å²) in [6, 6.07) is 0.